The number of phenols is 1. The van der Waals surface area contributed by atoms with Gasteiger partial charge in [0.2, 0.25) is 5.88 Å². The largest absolute Gasteiger partial charge is 0.508 e. The minimum Gasteiger partial charge on any atom is -0.508 e. The van der Waals surface area contributed by atoms with Crippen LogP contribution >= 0.6 is 0 Å². The van der Waals surface area contributed by atoms with Gasteiger partial charge in [-0.05, 0) is 68.5 Å². The summed E-state index contributed by atoms with van der Waals surface area (Å²) in [6, 6.07) is 4.56. The van der Waals surface area contributed by atoms with Gasteiger partial charge in [-0.3, -0.25) is 4.90 Å². The van der Waals surface area contributed by atoms with Gasteiger partial charge >= 0.3 is 12.2 Å². The van der Waals surface area contributed by atoms with Gasteiger partial charge in [0.1, 0.15) is 45.8 Å². The third-order valence-electron chi connectivity index (χ3n) is 12.2. The number of phenolic OH excluding ortho intramolecular Hbond substituents is 1. The number of ether oxygens (including phenoxy) is 3. The number of aromatic hydroxyl groups is 1. The van der Waals surface area contributed by atoms with Crippen molar-refractivity contribution in [3.8, 4) is 41.2 Å². The van der Waals surface area contributed by atoms with E-state index in [0.29, 0.717) is 24.6 Å². The number of hydrogen-bond acceptors (Lipinski definition) is 11. The number of aliphatic hydroxyl groups is 2. The molecule has 2 aromatic heterocycles. The molecule has 58 heavy (non-hydrogen) atoms. The van der Waals surface area contributed by atoms with Gasteiger partial charge in [-0.2, -0.15) is 23.1 Å². The zero-order valence-electron chi connectivity index (χ0n) is 31.9. The van der Waals surface area contributed by atoms with Crippen molar-refractivity contribution in [1.82, 2.24) is 19.9 Å². The standard InChI is InChI=1S/C41H43F6N5O6/c1-4-26-28(43)8-7-23-12-25(53)13-27(30(23)26)33-32(44)34-31(36(48-33)56-3)35(51-10-11-57-20-38(2,54)19-51)50-37(49-34)58-21-39-9-5-6-29(39)52(18-24(42)16-39)17-22-14-40(55,15-22)41(45,46)47/h1,7-8,12-13,22,24,29,53-55H,5-6,9-11,14-21H2,2-3H3/t22?,24-,29+,38-,39+,40?/m0/s1. The van der Waals surface area contributed by atoms with E-state index in [1.54, 1.807) is 11.8 Å². The molecule has 17 heteroatoms. The van der Waals surface area contributed by atoms with Crippen LogP contribution in [0.1, 0.15) is 51.0 Å². The van der Waals surface area contributed by atoms with Crippen LogP contribution in [0.15, 0.2) is 24.3 Å². The second-order valence-corrected chi connectivity index (χ2v) is 16.6. The summed E-state index contributed by atoms with van der Waals surface area (Å²) in [6.45, 7) is 2.06. The molecule has 2 aromatic carbocycles. The molecule has 0 radical (unpaired) electrons. The van der Waals surface area contributed by atoms with E-state index in [1.807, 2.05) is 4.90 Å². The number of halogens is 6. The first-order chi connectivity index (χ1) is 27.4. The summed E-state index contributed by atoms with van der Waals surface area (Å²) in [5, 5.41) is 32.3. The number of nitrogens with zero attached hydrogens (tertiary/aromatic N) is 5. The van der Waals surface area contributed by atoms with Gasteiger partial charge in [0.05, 0.1) is 39.0 Å². The summed E-state index contributed by atoms with van der Waals surface area (Å²) in [5.41, 5.74) is -5.80. The maximum atomic E-state index is 17.3. The zero-order valence-corrected chi connectivity index (χ0v) is 31.9. The highest BCUT2D eigenvalue weighted by Crippen LogP contribution is 2.53. The first kappa shape index (κ1) is 40.2. The van der Waals surface area contributed by atoms with Crippen LogP contribution in [0.25, 0.3) is 32.9 Å². The number of anilines is 1. The molecule has 310 valence electrons. The van der Waals surface area contributed by atoms with Crippen LogP contribution in [-0.2, 0) is 4.74 Å². The molecule has 4 aliphatic rings. The lowest BCUT2D eigenvalue weighted by Crippen LogP contribution is -2.61. The van der Waals surface area contributed by atoms with Crippen molar-refractivity contribution in [1.29, 1.82) is 0 Å². The Balaban J connectivity index is 1.21. The first-order valence-electron chi connectivity index (χ1n) is 19.2. The predicted octanol–water partition coefficient (Wildman–Crippen LogP) is 6.07. The molecule has 2 aliphatic carbocycles. The number of methoxy groups -OCH3 is 1. The minimum atomic E-state index is -4.74. The fourth-order valence-electron chi connectivity index (χ4n) is 9.70. The molecule has 0 spiro atoms. The number of rotatable bonds is 8. The summed E-state index contributed by atoms with van der Waals surface area (Å²) in [4.78, 5) is 17.3. The molecule has 4 heterocycles. The van der Waals surface area contributed by atoms with E-state index in [4.69, 9.17) is 25.6 Å². The number of alkyl halides is 4. The summed E-state index contributed by atoms with van der Waals surface area (Å²) < 4.78 is 106. The fourth-order valence-corrected chi connectivity index (χ4v) is 9.70. The lowest BCUT2D eigenvalue weighted by atomic mass is 9.69. The maximum Gasteiger partial charge on any atom is 0.417 e. The third kappa shape index (κ3) is 7.01. The Morgan fingerprint density at radius 2 is 1.86 bits per heavy atom. The van der Waals surface area contributed by atoms with Crippen molar-refractivity contribution >= 4 is 27.5 Å². The minimum absolute atomic E-state index is 0.00354. The average molecular weight is 816 g/mol. The van der Waals surface area contributed by atoms with Crippen molar-refractivity contribution in [2.75, 3.05) is 58.0 Å². The molecule has 0 unspecified atom stereocenters. The highest BCUT2D eigenvalue weighted by atomic mass is 19.4. The van der Waals surface area contributed by atoms with E-state index in [2.05, 4.69) is 15.9 Å². The van der Waals surface area contributed by atoms with Crippen molar-refractivity contribution in [2.24, 2.45) is 11.3 Å². The highest BCUT2D eigenvalue weighted by Gasteiger charge is 2.62. The molecule has 2 saturated heterocycles. The lowest BCUT2D eigenvalue weighted by molar-refractivity contribution is -0.300. The third-order valence-corrected chi connectivity index (χ3v) is 12.2. The second kappa shape index (κ2) is 14.6. The Morgan fingerprint density at radius 3 is 2.59 bits per heavy atom. The summed E-state index contributed by atoms with van der Waals surface area (Å²) in [7, 11) is 1.31. The van der Waals surface area contributed by atoms with Crippen LogP contribution < -0.4 is 14.4 Å². The predicted molar refractivity (Wildman–Crippen MR) is 200 cm³/mol. The summed E-state index contributed by atoms with van der Waals surface area (Å²) in [6.07, 6.45) is 0.779. The van der Waals surface area contributed by atoms with Gasteiger partial charge in [-0.25, -0.2) is 18.2 Å². The second-order valence-electron chi connectivity index (χ2n) is 16.6. The van der Waals surface area contributed by atoms with Gasteiger partial charge in [-0.15, -0.1) is 6.42 Å². The van der Waals surface area contributed by atoms with Crippen LogP contribution in [0, 0.1) is 35.3 Å². The Hall–Kier alpha value is -4.63. The molecule has 2 aliphatic heterocycles. The molecular formula is C41H43F6N5O6. The van der Waals surface area contributed by atoms with E-state index in [-0.39, 0.29) is 115 Å². The number of aromatic nitrogens is 3. The lowest BCUT2D eigenvalue weighted by Gasteiger charge is -2.51. The van der Waals surface area contributed by atoms with Gasteiger partial charge in [0, 0.05) is 42.0 Å². The Morgan fingerprint density at radius 1 is 1.09 bits per heavy atom. The van der Waals surface area contributed by atoms with Gasteiger partial charge in [0.15, 0.2) is 11.4 Å². The van der Waals surface area contributed by atoms with Crippen molar-refractivity contribution in [3.05, 3.63) is 41.5 Å². The van der Waals surface area contributed by atoms with Gasteiger partial charge < -0.3 is 34.4 Å². The number of β-amino-alcohol motifs (C(OH)–C–C–N with tert-alkyl or cyclic N) is 1. The Bertz CT molecular complexity index is 2300. The number of benzene rings is 2. The summed E-state index contributed by atoms with van der Waals surface area (Å²) >= 11 is 0. The molecule has 4 fully saturated rings. The Labute approximate surface area is 329 Å². The summed E-state index contributed by atoms with van der Waals surface area (Å²) in [5.74, 6) is -0.230. The van der Waals surface area contributed by atoms with E-state index < -0.39 is 59.4 Å². The number of pyridine rings is 1. The van der Waals surface area contributed by atoms with Crippen LogP contribution in [0.4, 0.5) is 32.2 Å². The number of likely N-dealkylation sites (tertiary alicyclic amines) is 1. The molecular weight excluding hydrogens is 772 g/mol. The monoisotopic (exact) mass is 815 g/mol. The van der Waals surface area contributed by atoms with E-state index in [9.17, 15) is 28.5 Å². The molecule has 11 nitrogen and oxygen atoms in total. The smallest absolute Gasteiger partial charge is 0.417 e. The molecule has 8 rings (SSSR count). The van der Waals surface area contributed by atoms with Gasteiger partial charge in [0.25, 0.3) is 0 Å². The quantitative estimate of drug-likeness (QED) is 0.141. The molecule has 4 aromatic rings. The average Bonchev–Trinajstić information content (AvgIpc) is 3.48. The van der Waals surface area contributed by atoms with Crippen LogP contribution in [0.3, 0.4) is 0 Å². The van der Waals surface area contributed by atoms with Crippen LogP contribution in [0.2, 0.25) is 0 Å². The number of hydrogen-bond donors (Lipinski definition) is 3. The topological polar surface area (TPSA) is 134 Å². The van der Waals surface area contributed by atoms with Crippen molar-refractivity contribution in [2.45, 2.75) is 75.0 Å². The van der Waals surface area contributed by atoms with E-state index >= 15 is 13.2 Å². The van der Waals surface area contributed by atoms with Gasteiger partial charge in [-0.1, -0.05) is 18.4 Å². The molecule has 0 amide bonds. The van der Waals surface area contributed by atoms with E-state index in [0.717, 1.165) is 6.07 Å². The highest BCUT2D eigenvalue weighted by molar-refractivity contribution is 6.04. The fraction of sp³-hybridized carbons (Fsp3) is 0.537. The molecule has 4 atom stereocenters. The number of terminal acetylenes is 1. The van der Waals surface area contributed by atoms with E-state index in [1.165, 1.54) is 25.3 Å². The maximum absolute atomic E-state index is 17.3. The van der Waals surface area contributed by atoms with Crippen LogP contribution in [-0.4, -0.2) is 118 Å². The SMILES string of the molecule is C#Cc1c(F)ccc2cc(O)cc(-c3nc(OC)c4c(N5CCOC[C@@](C)(O)C5)nc(OC[C@]56CCC[C@H]5N(CC5CC(O)(C(F)(F)F)C5)C[C@@H](F)C6)nc4c3F)c12. The Kier molecular flexibility index (Phi) is 10.1. The first-order valence-corrected chi connectivity index (χ1v) is 19.2. The normalized spacial score (nSPS) is 29.2. The molecule has 0 bridgehead atoms. The van der Waals surface area contributed by atoms with Crippen LogP contribution in [0.5, 0.6) is 17.6 Å². The zero-order chi connectivity index (χ0) is 41.4. The van der Waals surface area contributed by atoms with Crippen molar-refractivity contribution in [3.63, 3.8) is 0 Å². The number of fused-ring (bicyclic) bond motifs is 3. The van der Waals surface area contributed by atoms with Crippen molar-refractivity contribution < 1.29 is 55.9 Å². The number of piperidine rings is 1. The molecule has 2 saturated carbocycles. The molecule has 3 N–H and O–H groups in total.